The number of ether oxygens (including phenoxy) is 1. The van der Waals surface area contributed by atoms with Gasteiger partial charge >= 0.3 is 0 Å². The van der Waals surface area contributed by atoms with Gasteiger partial charge in [-0.2, -0.15) is 0 Å². The summed E-state index contributed by atoms with van der Waals surface area (Å²) in [7, 11) is 0. The first-order chi connectivity index (χ1) is 15.9. The van der Waals surface area contributed by atoms with E-state index in [1.807, 2.05) is 38.1 Å². The molecule has 0 aliphatic carbocycles. The third-order valence-corrected chi connectivity index (χ3v) is 5.94. The molecule has 2 heterocycles. The predicted octanol–water partition coefficient (Wildman–Crippen LogP) is 4.97. The number of halogens is 2. The molecule has 1 atom stereocenters. The summed E-state index contributed by atoms with van der Waals surface area (Å²) in [4.78, 5) is 8.82. The summed E-state index contributed by atoms with van der Waals surface area (Å²) in [6.07, 6.45) is -0.247. The van der Waals surface area contributed by atoms with Crippen molar-refractivity contribution in [2.45, 2.75) is 26.4 Å². The molecule has 6 heteroatoms. The number of nitrogens with zero attached hydrogens (tertiary/aromatic N) is 3. The van der Waals surface area contributed by atoms with E-state index in [0.29, 0.717) is 12.3 Å². The second-order valence-electron chi connectivity index (χ2n) is 8.75. The molecule has 0 spiro atoms. The van der Waals surface area contributed by atoms with E-state index in [4.69, 9.17) is 4.74 Å². The topological polar surface area (TPSA) is 28.6 Å². The number of rotatable bonds is 8. The molecule has 0 unspecified atom stereocenters. The van der Waals surface area contributed by atoms with Gasteiger partial charge in [0.15, 0.2) is 0 Å². The summed E-state index contributed by atoms with van der Waals surface area (Å²) in [5, 5.41) is 0. The minimum absolute atomic E-state index is 0.0542. The van der Waals surface area contributed by atoms with Gasteiger partial charge in [0.05, 0.1) is 0 Å². The van der Waals surface area contributed by atoms with Crippen LogP contribution in [0.3, 0.4) is 0 Å². The Morgan fingerprint density at radius 1 is 0.879 bits per heavy atom. The normalized spacial score (nSPS) is 15.5. The van der Waals surface area contributed by atoms with E-state index < -0.39 is 6.17 Å². The van der Waals surface area contributed by atoms with E-state index >= 15 is 0 Å². The number of piperazine rings is 1. The van der Waals surface area contributed by atoms with Gasteiger partial charge < -0.3 is 9.64 Å². The predicted molar refractivity (Wildman–Crippen MR) is 128 cm³/mol. The summed E-state index contributed by atoms with van der Waals surface area (Å²) in [6, 6.07) is 18.8. The van der Waals surface area contributed by atoms with E-state index in [9.17, 15) is 8.78 Å². The number of aryl methyl sites for hydroxylation is 2. The van der Waals surface area contributed by atoms with Gasteiger partial charge in [-0.1, -0.05) is 24.3 Å². The molecule has 1 fully saturated rings. The molecule has 0 saturated carbocycles. The van der Waals surface area contributed by atoms with Crippen molar-refractivity contribution >= 4 is 5.69 Å². The van der Waals surface area contributed by atoms with Crippen LogP contribution < -0.4 is 9.64 Å². The van der Waals surface area contributed by atoms with Crippen molar-refractivity contribution in [1.29, 1.82) is 0 Å². The van der Waals surface area contributed by atoms with Gasteiger partial charge in [0.1, 0.15) is 24.3 Å². The zero-order valence-corrected chi connectivity index (χ0v) is 19.3. The van der Waals surface area contributed by atoms with Gasteiger partial charge in [0.2, 0.25) is 0 Å². The van der Waals surface area contributed by atoms with Crippen LogP contribution in [0, 0.1) is 19.7 Å². The fourth-order valence-corrected chi connectivity index (χ4v) is 4.25. The third kappa shape index (κ3) is 6.75. The molecule has 1 aliphatic rings. The molecule has 0 radical (unpaired) electrons. The van der Waals surface area contributed by atoms with Gasteiger partial charge in [0, 0.05) is 61.9 Å². The maximum Gasteiger partial charge on any atom is 0.147 e. The number of anilines is 1. The average molecular weight is 452 g/mol. The molecule has 33 heavy (non-hydrogen) atoms. The van der Waals surface area contributed by atoms with E-state index in [1.165, 1.54) is 23.4 Å². The highest BCUT2D eigenvalue weighted by molar-refractivity contribution is 5.48. The first kappa shape index (κ1) is 23.2. The number of aromatic nitrogens is 1. The van der Waals surface area contributed by atoms with E-state index in [0.717, 1.165) is 49.6 Å². The third-order valence-electron chi connectivity index (χ3n) is 5.94. The summed E-state index contributed by atoms with van der Waals surface area (Å²) in [5.41, 5.74) is 5.22. The van der Waals surface area contributed by atoms with Gasteiger partial charge in [0.25, 0.3) is 0 Å². The Hall–Kier alpha value is -2.99. The molecule has 174 valence electrons. The van der Waals surface area contributed by atoms with Crippen LogP contribution in [-0.4, -0.2) is 55.4 Å². The van der Waals surface area contributed by atoms with Crippen LogP contribution in [0.4, 0.5) is 14.5 Å². The first-order valence-electron chi connectivity index (χ1n) is 11.5. The Morgan fingerprint density at radius 3 is 2.06 bits per heavy atom. The SMILES string of the molecule is Cc1cc(OC[C@@H](F)CN2CCN(c3ccc(Cc4ccc(F)cc4)cc3)CC2)cc(C)n1. The van der Waals surface area contributed by atoms with Crippen LogP contribution in [0.2, 0.25) is 0 Å². The van der Waals surface area contributed by atoms with E-state index in [1.54, 1.807) is 0 Å². The lowest BCUT2D eigenvalue weighted by Crippen LogP contribution is -2.48. The molecule has 0 amide bonds. The molecule has 0 bridgehead atoms. The standard InChI is InChI=1S/C27H31F2N3O/c1-20-15-27(16-21(2)30-20)33-19-25(29)18-31-11-13-32(14-12-31)26-9-5-23(6-10-26)17-22-3-7-24(28)8-4-22/h3-10,15-16,25H,11-14,17-19H2,1-2H3/t25-/m0/s1. The fraction of sp³-hybridized carbons (Fsp3) is 0.370. The summed E-state index contributed by atoms with van der Waals surface area (Å²) >= 11 is 0. The van der Waals surface area contributed by atoms with Crippen LogP contribution in [0.25, 0.3) is 0 Å². The Balaban J connectivity index is 1.21. The molecule has 1 aliphatic heterocycles. The minimum Gasteiger partial charge on any atom is -0.490 e. The molecule has 1 aromatic heterocycles. The zero-order valence-electron chi connectivity index (χ0n) is 19.3. The van der Waals surface area contributed by atoms with Crippen molar-refractivity contribution in [1.82, 2.24) is 9.88 Å². The molecule has 1 saturated heterocycles. The second kappa shape index (κ2) is 10.8. The number of pyridine rings is 1. The Kier molecular flexibility index (Phi) is 7.55. The second-order valence-corrected chi connectivity index (χ2v) is 8.75. The molecular formula is C27H31F2N3O. The number of hydrogen-bond acceptors (Lipinski definition) is 4. The maximum atomic E-state index is 14.5. The lowest BCUT2D eigenvalue weighted by atomic mass is 10.0. The zero-order chi connectivity index (χ0) is 23.2. The van der Waals surface area contributed by atoms with Crippen LogP contribution in [0.15, 0.2) is 60.7 Å². The largest absolute Gasteiger partial charge is 0.490 e. The number of alkyl halides is 1. The Bertz CT molecular complexity index is 1010. The van der Waals surface area contributed by atoms with Gasteiger partial charge in [-0.3, -0.25) is 9.88 Å². The van der Waals surface area contributed by atoms with Gasteiger partial charge in [-0.15, -0.1) is 0 Å². The molecular weight excluding hydrogens is 420 g/mol. The number of hydrogen-bond donors (Lipinski definition) is 0. The summed E-state index contributed by atoms with van der Waals surface area (Å²) < 4.78 is 33.3. The van der Waals surface area contributed by atoms with Crippen molar-refractivity contribution in [2.75, 3.05) is 44.2 Å². The monoisotopic (exact) mass is 451 g/mol. The molecule has 4 rings (SSSR count). The molecule has 2 aromatic carbocycles. The molecule has 0 N–H and O–H groups in total. The lowest BCUT2D eigenvalue weighted by molar-refractivity contribution is 0.133. The Morgan fingerprint density at radius 2 is 1.45 bits per heavy atom. The fourth-order valence-electron chi connectivity index (χ4n) is 4.25. The van der Waals surface area contributed by atoms with Gasteiger partial charge in [-0.25, -0.2) is 8.78 Å². The summed E-state index contributed by atoms with van der Waals surface area (Å²) in [6.45, 7) is 7.64. The smallest absolute Gasteiger partial charge is 0.147 e. The first-order valence-corrected chi connectivity index (χ1v) is 11.5. The van der Waals surface area contributed by atoms with Crippen molar-refractivity contribution in [2.24, 2.45) is 0 Å². The van der Waals surface area contributed by atoms with Crippen LogP contribution in [0.5, 0.6) is 5.75 Å². The molecule has 4 nitrogen and oxygen atoms in total. The number of benzene rings is 2. The van der Waals surface area contributed by atoms with E-state index in [2.05, 4.69) is 39.0 Å². The average Bonchev–Trinajstić information content (AvgIpc) is 2.80. The van der Waals surface area contributed by atoms with Crippen molar-refractivity contribution in [3.05, 3.63) is 89.0 Å². The van der Waals surface area contributed by atoms with Crippen molar-refractivity contribution in [3.8, 4) is 5.75 Å². The highest BCUT2D eigenvalue weighted by atomic mass is 19.1. The molecule has 3 aromatic rings. The van der Waals surface area contributed by atoms with Crippen LogP contribution in [0.1, 0.15) is 22.5 Å². The summed E-state index contributed by atoms with van der Waals surface area (Å²) in [5.74, 6) is 0.467. The van der Waals surface area contributed by atoms with Crippen LogP contribution >= 0.6 is 0 Å². The van der Waals surface area contributed by atoms with Gasteiger partial charge in [-0.05, 0) is 55.7 Å². The minimum atomic E-state index is -1.03. The van der Waals surface area contributed by atoms with Crippen molar-refractivity contribution < 1.29 is 13.5 Å². The lowest BCUT2D eigenvalue weighted by Gasteiger charge is -2.36. The Labute approximate surface area is 194 Å². The highest BCUT2D eigenvalue weighted by Gasteiger charge is 2.20. The van der Waals surface area contributed by atoms with Crippen molar-refractivity contribution in [3.63, 3.8) is 0 Å². The van der Waals surface area contributed by atoms with Crippen LogP contribution in [-0.2, 0) is 6.42 Å². The maximum absolute atomic E-state index is 14.5. The quantitative estimate of drug-likeness (QED) is 0.484. The highest BCUT2D eigenvalue weighted by Crippen LogP contribution is 2.20. The van der Waals surface area contributed by atoms with E-state index in [-0.39, 0.29) is 12.4 Å².